The van der Waals surface area contributed by atoms with E-state index in [4.69, 9.17) is 0 Å². The zero-order valence-corrected chi connectivity index (χ0v) is 10.8. The first-order valence-electron chi connectivity index (χ1n) is 6.85. The largest absolute Gasteiger partial charge is 0.317 e. The van der Waals surface area contributed by atoms with Gasteiger partial charge < -0.3 is 10.6 Å². The maximum atomic E-state index is 3.63. The smallest absolute Gasteiger partial charge is 0.0291 e. The van der Waals surface area contributed by atoms with Crippen molar-refractivity contribution < 1.29 is 0 Å². The van der Waals surface area contributed by atoms with Gasteiger partial charge in [-0.2, -0.15) is 0 Å². The molecule has 2 heteroatoms. The van der Waals surface area contributed by atoms with Crippen molar-refractivity contribution in [3.8, 4) is 0 Å². The summed E-state index contributed by atoms with van der Waals surface area (Å²) in [7, 11) is 0. The van der Waals surface area contributed by atoms with E-state index in [1.165, 1.54) is 37.9 Å². The number of piperidine rings is 1. The summed E-state index contributed by atoms with van der Waals surface area (Å²) in [5, 5.41) is 7.05. The SMILES string of the molecule is CC(NCCC1CCNCC1)c1ccccc1. The highest BCUT2D eigenvalue weighted by atomic mass is 14.9. The highest BCUT2D eigenvalue weighted by Crippen LogP contribution is 2.16. The molecule has 0 aliphatic carbocycles. The van der Waals surface area contributed by atoms with E-state index >= 15 is 0 Å². The Morgan fingerprint density at radius 1 is 1.24 bits per heavy atom. The fraction of sp³-hybridized carbons (Fsp3) is 0.600. The zero-order chi connectivity index (χ0) is 11.9. The maximum absolute atomic E-state index is 3.63. The van der Waals surface area contributed by atoms with Gasteiger partial charge in [0, 0.05) is 6.04 Å². The Bertz CT molecular complexity index is 304. The number of nitrogens with one attached hydrogen (secondary N) is 2. The van der Waals surface area contributed by atoms with Crippen LogP contribution in [0.3, 0.4) is 0 Å². The lowest BCUT2D eigenvalue weighted by Crippen LogP contribution is -2.30. The molecule has 2 nitrogen and oxygen atoms in total. The second-order valence-electron chi connectivity index (χ2n) is 5.07. The van der Waals surface area contributed by atoms with Gasteiger partial charge in [-0.3, -0.25) is 0 Å². The van der Waals surface area contributed by atoms with Gasteiger partial charge >= 0.3 is 0 Å². The van der Waals surface area contributed by atoms with Crippen molar-refractivity contribution in [1.29, 1.82) is 0 Å². The molecule has 1 saturated heterocycles. The standard InChI is InChI=1S/C15H24N2/c1-13(15-5-3-2-4-6-15)17-12-9-14-7-10-16-11-8-14/h2-6,13-14,16-17H,7-12H2,1H3. The second kappa shape index (κ2) is 6.77. The Hall–Kier alpha value is -0.860. The molecular formula is C15H24N2. The fourth-order valence-electron chi connectivity index (χ4n) is 2.53. The van der Waals surface area contributed by atoms with Crippen LogP contribution in [0.2, 0.25) is 0 Å². The van der Waals surface area contributed by atoms with Crippen LogP contribution in [-0.2, 0) is 0 Å². The van der Waals surface area contributed by atoms with E-state index in [1.807, 2.05) is 0 Å². The molecule has 1 aromatic rings. The average molecular weight is 232 g/mol. The van der Waals surface area contributed by atoms with E-state index in [2.05, 4.69) is 47.9 Å². The summed E-state index contributed by atoms with van der Waals surface area (Å²) in [6, 6.07) is 11.2. The summed E-state index contributed by atoms with van der Waals surface area (Å²) >= 11 is 0. The van der Waals surface area contributed by atoms with Crippen molar-refractivity contribution in [3.05, 3.63) is 35.9 Å². The van der Waals surface area contributed by atoms with Crippen LogP contribution in [0.25, 0.3) is 0 Å². The fourth-order valence-corrected chi connectivity index (χ4v) is 2.53. The first-order chi connectivity index (χ1) is 8.36. The number of rotatable bonds is 5. The summed E-state index contributed by atoms with van der Waals surface area (Å²) in [5.41, 5.74) is 1.39. The highest BCUT2D eigenvalue weighted by molar-refractivity contribution is 5.17. The Labute approximate surface area is 105 Å². The van der Waals surface area contributed by atoms with Gasteiger partial charge in [0.25, 0.3) is 0 Å². The predicted molar refractivity (Wildman–Crippen MR) is 73.1 cm³/mol. The van der Waals surface area contributed by atoms with Crippen LogP contribution in [0.1, 0.15) is 37.8 Å². The topological polar surface area (TPSA) is 24.1 Å². The second-order valence-corrected chi connectivity index (χ2v) is 5.07. The van der Waals surface area contributed by atoms with Gasteiger partial charge in [0.05, 0.1) is 0 Å². The Morgan fingerprint density at radius 3 is 2.65 bits per heavy atom. The Morgan fingerprint density at radius 2 is 1.94 bits per heavy atom. The lowest BCUT2D eigenvalue weighted by Gasteiger charge is -2.23. The summed E-state index contributed by atoms with van der Waals surface area (Å²) in [6.45, 7) is 5.80. The Kier molecular flexibility index (Phi) is 5.02. The molecule has 1 unspecified atom stereocenters. The van der Waals surface area contributed by atoms with Crippen LogP contribution in [0.15, 0.2) is 30.3 Å². The third kappa shape index (κ3) is 4.14. The van der Waals surface area contributed by atoms with Gasteiger partial charge in [0.2, 0.25) is 0 Å². The summed E-state index contributed by atoms with van der Waals surface area (Å²) in [6.07, 6.45) is 4.02. The molecule has 0 radical (unpaired) electrons. The number of hydrogen-bond donors (Lipinski definition) is 2. The van der Waals surface area contributed by atoms with Crippen LogP contribution in [0.4, 0.5) is 0 Å². The molecule has 0 bridgehead atoms. The third-order valence-corrected chi connectivity index (χ3v) is 3.76. The van der Waals surface area contributed by atoms with Crippen molar-refractivity contribution in [3.63, 3.8) is 0 Å². The molecule has 1 aromatic carbocycles. The molecular weight excluding hydrogens is 208 g/mol. The predicted octanol–water partition coefficient (Wildman–Crippen LogP) is 2.73. The molecule has 2 N–H and O–H groups in total. The normalized spacial score (nSPS) is 19.1. The van der Waals surface area contributed by atoms with Crippen LogP contribution >= 0.6 is 0 Å². The van der Waals surface area contributed by atoms with Gasteiger partial charge in [0.15, 0.2) is 0 Å². The molecule has 0 amide bonds. The van der Waals surface area contributed by atoms with Gasteiger partial charge in [-0.05, 0) is 57.3 Å². The van der Waals surface area contributed by atoms with Crippen LogP contribution in [0.5, 0.6) is 0 Å². The minimum Gasteiger partial charge on any atom is -0.317 e. The molecule has 1 aliphatic heterocycles. The minimum absolute atomic E-state index is 0.470. The molecule has 1 atom stereocenters. The number of benzene rings is 1. The molecule has 0 saturated carbocycles. The van der Waals surface area contributed by atoms with E-state index in [-0.39, 0.29) is 0 Å². The van der Waals surface area contributed by atoms with E-state index in [0.717, 1.165) is 12.5 Å². The summed E-state index contributed by atoms with van der Waals surface area (Å²) < 4.78 is 0. The first-order valence-corrected chi connectivity index (χ1v) is 6.85. The highest BCUT2D eigenvalue weighted by Gasteiger charge is 2.12. The van der Waals surface area contributed by atoms with Crippen molar-refractivity contribution in [2.75, 3.05) is 19.6 Å². The summed E-state index contributed by atoms with van der Waals surface area (Å²) in [5.74, 6) is 0.923. The van der Waals surface area contributed by atoms with Gasteiger partial charge in [-0.15, -0.1) is 0 Å². The van der Waals surface area contributed by atoms with E-state index in [0.29, 0.717) is 6.04 Å². The van der Waals surface area contributed by atoms with Gasteiger partial charge in [-0.1, -0.05) is 30.3 Å². The quantitative estimate of drug-likeness (QED) is 0.815. The van der Waals surface area contributed by atoms with Crippen molar-refractivity contribution in [1.82, 2.24) is 10.6 Å². The summed E-state index contributed by atoms with van der Waals surface area (Å²) in [4.78, 5) is 0. The molecule has 94 valence electrons. The van der Waals surface area contributed by atoms with E-state index in [9.17, 15) is 0 Å². The van der Waals surface area contributed by atoms with Gasteiger partial charge in [-0.25, -0.2) is 0 Å². The van der Waals surface area contributed by atoms with E-state index in [1.54, 1.807) is 0 Å². The van der Waals surface area contributed by atoms with Crippen LogP contribution in [0, 0.1) is 5.92 Å². The molecule has 0 spiro atoms. The maximum Gasteiger partial charge on any atom is 0.0291 e. The van der Waals surface area contributed by atoms with Gasteiger partial charge in [0.1, 0.15) is 0 Å². The number of hydrogen-bond acceptors (Lipinski definition) is 2. The molecule has 1 aliphatic rings. The third-order valence-electron chi connectivity index (χ3n) is 3.76. The molecule has 1 heterocycles. The van der Waals surface area contributed by atoms with E-state index < -0.39 is 0 Å². The monoisotopic (exact) mass is 232 g/mol. The van der Waals surface area contributed by atoms with Crippen LogP contribution < -0.4 is 10.6 Å². The first kappa shape index (κ1) is 12.6. The minimum atomic E-state index is 0.470. The van der Waals surface area contributed by atoms with Crippen molar-refractivity contribution in [2.45, 2.75) is 32.2 Å². The lowest BCUT2D eigenvalue weighted by atomic mass is 9.94. The van der Waals surface area contributed by atoms with Crippen LogP contribution in [-0.4, -0.2) is 19.6 Å². The zero-order valence-electron chi connectivity index (χ0n) is 10.8. The van der Waals surface area contributed by atoms with Crippen molar-refractivity contribution in [2.24, 2.45) is 5.92 Å². The molecule has 0 aromatic heterocycles. The molecule has 17 heavy (non-hydrogen) atoms. The average Bonchev–Trinajstić information content (AvgIpc) is 2.41. The molecule has 2 rings (SSSR count). The molecule has 1 fully saturated rings. The Balaban J connectivity index is 1.67. The lowest BCUT2D eigenvalue weighted by molar-refractivity contribution is 0.343. The van der Waals surface area contributed by atoms with Crippen molar-refractivity contribution >= 4 is 0 Å².